The Labute approximate surface area is 377 Å². The molecule has 0 heterocycles. The van der Waals surface area contributed by atoms with Gasteiger partial charge < -0.3 is 28.6 Å². The first-order valence-electron chi connectivity index (χ1n) is 23.3. The molecule has 0 bridgehead atoms. The Balaban J connectivity index is 4.49. The maximum Gasteiger partial charge on any atom is 0.306 e. The van der Waals surface area contributed by atoms with Crippen molar-refractivity contribution < 1.29 is 38.2 Å². The summed E-state index contributed by atoms with van der Waals surface area (Å²) in [5, 5.41) is 11.6. The van der Waals surface area contributed by atoms with Crippen LogP contribution in [0.25, 0.3) is 0 Å². The van der Waals surface area contributed by atoms with Gasteiger partial charge in [0.1, 0.15) is 12.6 Å². The molecule has 0 aromatic heterocycles. The molecule has 0 aliphatic carbocycles. The topological polar surface area (TPSA) is 102 Å². The Morgan fingerprint density at radius 1 is 0.500 bits per heavy atom. The van der Waals surface area contributed by atoms with Gasteiger partial charge in [-0.25, -0.2) is 0 Å². The molecule has 0 aliphatic rings. The van der Waals surface area contributed by atoms with Crippen molar-refractivity contribution in [3.8, 4) is 0 Å². The zero-order valence-electron chi connectivity index (χ0n) is 39.2. The van der Waals surface area contributed by atoms with Crippen LogP contribution in [0, 0.1) is 0 Å². The third-order valence-corrected chi connectivity index (χ3v) is 9.38. The molecule has 0 aromatic rings. The van der Waals surface area contributed by atoms with Crippen molar-refractivity contribution in [1.29, 1.82) is 0 Å². The van der Waals surface area contributed by atoms with Gasteiger partial charge in [-0.05, 0) is 83.5 Å². The highest BCUT2D eigenvalue weighted by atomic mass is 16.6. The van der Waals surface area contributed by atoms with Gasteiger partial charge in [-0.15, -0.1) is 0 Å². The molecule has 0 radical (unpaired) electrons. The summed E-state index contributed by atoms with van der Waals surface area (Å²) < 4.78 is 17.1. The van der Waals surface area contributed by atoms with Crippen LogP contribution in [0.15, 0.2) is 134 Å². The van der Waals surface area contributed by atoms with Crippen molar-refractivity contribution >= 4 is 17.9 Å². The number of carbonyl (C=O) groups is 3. The van der Waals surface area contributed by atoms with Gasteiger partial charge >= 0.3 is 11.9 Å². The number of likely N-dealkylation sites (N-methyl/N-ethyl adjacent to an activating group) is 1. The van der Waals surface area contributed by atoms with Crippen molar-refractivity contribution in [2.75, 3.05) is 41.0 Å². The van der Waals surface area contributed by atoms with Crippen molar-refractivity contribution in [3.63, 3.8) is 0 Å². The van der Waals surface area contributed by atoms with Gasteiger partial charge in [0.15, 0.2) is 6.10 Å². The molecule has 2 unspecified atom stereocenters. The lowest BCUT2D eigenvalue weighted by Gasteiger charge is -2.34. The fraction of sp³-hybridized carbons (Fsp3) is 0.537. The Kier molecular flexibility index (Phi) is 40.0. The lowest BCUT2D eigenvalue weighted by atomic mass is 10.1. The monoisotopic (exact) mass is 858 g/mol. The van der Waals surface area contributed by atoms with E-state index in [1.54, 1.807) is 21.1 Å². The zero-order valence-corrected chi connectivity index (χ0v) is 39.2. The summed E-state index contributed by atoms with van der Waals surface area (Å²) >= 11 is 0. The number of carboxylic acid groups (broad SMARTS) is 1. The van der Waals surface area contributed by atoms with Crippen LogP contribution >= 0.6 is 0 Å². The molecular weight excluding hydrogens is 775 g/mol. The molecule has 0 N–H and O–H groups in total. The fourth-order valence-corrected chi connectivity index (χ4v) is 5.83. The molecule has 0 saturated heterocycles. The minimum atomic E-state index is -1.14. The summed E-state index contributed by atoms with van der Waals surface area (Å²) in [5.41, 5.74) is 0. The first kappa shape index (κ1) is 57.5. The van der Waals surface area contributed by atoms with Gasteiger partial charge in [0.2, 0.25) is 0 Å². The van der Waals surface area contributed by atoms with Crippen LogP contribution in [0.3, 0.4) is 0 Å². The average Bonchev–Trinajstić information content (AvgIpc) is 3.23. The fourth-order valence-electron chi connectivity index (χ4n) is 5.83. The number of ether oxygens (including phenoxy) is 3. The van der Waals surface area contributed by atoms with Crippen LogP contribution in [0.2, 0.25) is 0 Å². The predicted octanol–water partition coefficient (Wildman–Crippen LogP) is 11.9. The standard InChI is InChI=1S/C54H83NO7/c1-6-8-10-12-14-16-18-20-22-23-24-25-26-27-28-29-31-33-35-37-39-41-43-45-53(57)62-50(48-60-47-46-51(54(58)59)55(3,4)5)49-61-52(56)44-42-40-38-36-34-32-30-21-19-17-15-13-11-9-7-2/h8-11,13-17,19-22,24-25,27-28,30-31,33,37,39,50-51H,6-7,12,18,23,26,29,32,34-36,38,40-49H2,1-5H3/b10-8+,11-9+,15-13+,16-14+,19-17+,22-20+,25-24+,28-27+,30-21+,33-31+,39-37+. The van der Waals surface area contributed by atoms with Crippen LogP contribution in [0.5, 0.6) is 0 Å². The van der Waals surface area contributed by atoms with Crippen LogP contribution in [-0.2, 0) is 28.6 Å². The van der Waals surface area contributed by atoms with E-state index in [9.17, 15) is 19.5 Å². The highest BCUT2D eigenvalue weighted by Gasteiger charge is 2.25. The molecular formula is C54H83NO7. The smallest absolute Gasteiger partial charge is 0.306 e. The summed E-state index contributed by atoms with van der Waals surface area (Å²) in [6.45, 7) is 4.29. The summed E-state index contributed by atoms with van der Waals surface area (Å²) in [6.07, 6.45) is 62.0. The van der Waals surface area contributed by atoms with Crippen LogP contribution in [0.1, 0.15) is 136 Å². The molecule has 0 amide bonds. The number of unbranched alkanes of at least 4 members (excludes halogenated alkanes) is 6. The number of allylic oxidation sites excluding steroid dienone is 22. The summed E-state index contributed by atoms with van der Waals surface area (Å²) in [5.74, 6) is -1.87. The second-order valence-corrected chi connectivity index (χ2v) is 16.0. The second kappa shape index (κ2) is 43.1. The number of hydrogen-bond donors (Lipinski definition) is 0. The van der Waals surface area contributed by atoms with Gasteiger partial charge in [0, 0.05) is 19.3 Å². The van der Waals surface area contributed by atoms with Gasteiger partial charge in [-0.3, -0.25) is 9.59 Å². The van der Waals surface area contributed by atoms with Crippen LogP contribution in [-0.4, -0.2) is 75.5 Å². The van der Waals surface area contributed by atoms with Gasteiger partial charge in [-0.1, -0.05) is 167 Å². The number of nitrogens with zero attached hydrogens (tertiary/aromatic N) is 1. The molecule has 346 valence electrons. The van der Waals surface area contributed by atoms with E-state index in [2.05, 4.69) is 117 Å². The third-order valence-electron chi connectivity index (χ3n) is 9.38. The normalized spacial score (nSPS) is 14.1. The lowest BCUT2D eigenvalue weighted by molar-refractivity contribution is -0.889. The highest BCUT2D eigenvalue weighted by molar-refractivity contribution is 5.70. The number of aliphatic carboxylic acids is 1. The Morgan fingerprint density at radius 3 is 1.48 bits per heavy atom. The molecule has 8 heteroatoms. The van der Waals surface area contributed by atoms with E-state index in [4.69, 9.17) is 14.2 Å². The first-order valence-corrected chi connectivity index (χ1v) is 23.3. The molecule has 0 fully saturated rings. The maximum absolute atomic E-state index is 12.7. The third kappa shape index (κ3) is 40.9. The molecule has 0 aliphatic heterocycles. The minimum absolute atomic E-state index is 0.000961. The Bertz CT molecular complexity index is 1470. The number of carbonyl (C=O) groups excluding carboxylic acids is 3. The zero-order chi connectivity index (χ0) is 45.6. The second-order valence-electron chi connectivity index (χ2n) is 16.0. The van der Waals surface area contributed by atoms with E-state index >= 15 is 0 Å². The number of esters is 2. The Hall–Kier alpha value is -4.53. The van der Waals surface area contributed by atoms with E-state index in [1.807, 2.05) is 30.4 Å². The van der Waals surface area contributed by atoms with E-state index in [0.717, 1.165) is 96.3 Å². The van der Waals surface area contributed by atoms with E-state index in [1.165, 1.54) is 0 Å². The van der Waals surface area contributed by atoms with E-state index in [-0.39, 0.29) is 49.1 Å². The van der Waals surface area contributed by atoms with Gasteiger partial charge in [0.05, 0.1) is 40.3 Å². The quantitative estimate of drug-likeness (QED) is 0.0199. The van der Waals surface area contributed by atoms with Crippen LogP contribution in [0.4, 0.5) is 0 Å². The average molecular weight is 858 g/mol. The number of quaternary nitrogens is 1. The van der Waals surface area contributed by atoms with Crippen LogP contribution < -0.4 is 5.11 Å². The molecule has 0 saturated carbocycles. The van der Waals surface area contributed by atoms with Crippen molar-refractivity contribution in [2.24, 2.45) is 0 Å². The molecule has 0 spiro atoms. The number of carboxylic acids is 1. The molecule has 8 nitrogen and oxygen atoms in total. The summed E-state index contributed by atoms with van der Waals surface area (Å²) in [6, 6.07) is -0.750. The molecule has 0 rings (SSSR count). The predicted molar refractivity (Wildman–Crippen MR) is 258 cm³/mol. The molecule has 62 heavy (non-hydrogen) atoms. The van der Waals surface area contributed by atoms with Crippen molar-refractivity contribution in [3.05, 3.63) is 134 Å². The minimum Gasteiger partial charge on any atom is -0.544 e. The summed E-state index contributed by atoms with van der Waals surface area (Å²) in [4.78, 5) is 36.9. The van der Waals surface area contributed by atoms with E-state index < -0.39 is 18.1 Å². The Morgan fingerprint density at radius 2 is 0.952 bits per heavy atom. The van der Waals surface area contributed by atoms with Crippen molar-refractivity contribution in [2.45, 2.75) is 148 Å². The highest BCUT2D eigenvalue weighted by Crippen LogP contribution is 2.11. The van der Waals surface area contributed by atoms with Gasteiger partial charge in [-0.2, -0.15) is 0 Å². The van der Waals surface area contributed by atoms with Crippen molar-refractivity contribution in [1.82, 2.24) is 0 Å². The first-order chi connectivity index (χ1) is 30.1. The summed E-state index contributed by atoms with van der Waals surface area (Å²) in [7, 11) is 5.36. The number of hydrogen-bond acceptors (Lipinski definition) is 7. The van der Waals surface area contributed by atoms with E-state index in [0.29, 0.717) is 12.8 Å². The van der Waals surface area contributed by atoms with Gasteiger partial charge in [0.25, 0.3) is 0 Å². The SMILES string of the molecule is CC/C=C/C=C/C=C/C=C/CCCCCCCC(=O)OCC(COCCC(C(=O)[O-])[N+](C)(C)C)OC(=O)CCC/C=C/C/C=C/C/C=C/C/C=C/C/C=C/C/C=C/C/C=C/CC. The molecule has 0 aromatic carbocycles. The lowest BCUT2D eigenvalue weighted by Crippen LogP contribution is -2.55. The maximum atomic E-state index is 12.7. The number of rotatable bonds is 39. The molecule has 2 atom stereocenters. The largest absolute Gasteiger partial charge is 0.544 e.